The number of thioether (sulfide) groups is 1. The van der Waals surface area contributed by atoms with E-state index in [0.717, 1.165) is 28.9 Å². The molecule has 1 N–H and O–H groups in total. The van der Waals surface area contributed by atoms with Gasteiger partial charge in [0.1, 0.15) is 0 Å². The fourth-order valence-electron chi connectivity index (χ4n) is 4.09. The van der Waals surface area contributed by atoms with Gasteiger partial charge in [0.2, 0.25) is 0 Å². The third-order valence-corrected chi connectivity index (χ3v) is 6.80. The first-order chi connectivity index (χ1) is 12.3. The minimum atomic E-state index is 0.0615. The summed E-state index contributed by atoms with van der Waals surface area (Å²) >= 11 is 2.09. The fraction of sp³-hybridized carbons (Fsp3) is 0.476. The molecule has 0 aromatic heterocycles. The molecule has 1 atom stereocenters. The zero-order valence-electron chi connectivity index (χ0n) is 14.6. The van der Waals surface area contributed by atoms with Crippen molar-refractivity contribution in [3.8, 4) is 0 Å². The quantitative estimate of drug-likeness (QED) is 0.907. The lowest BCUT2D eigenvalue weighted by Crippen LogP contribution is -2.43. The van der Waals surface area contributed by atoms with Crippen LogP contribution in [0, 0.1) is 5.92 Å². The average Bonchev–Trinajstić information content (AvgIpc) is 3.21. The van der Waals surface area contributed by atoms with Gasteiger partial charge in [-0.15, -0.1) is 0 Å². The standard InChI is InChI=1S/C21H26N2OS/c24-21(20-7-3-5-17-4-1-2-6-19(17)20)22-14-16-8-11-23(12-9-16)18-10-13-25-15-18/h1-7,16,18H,8-15H2,(H,22,24)/t18-/m0/s1. The van der Waals surface area contributed by atoms with Gasteiger partial charge in [0.05, 0.1) is 0 Å². The molecular weight excluding hydrogens is 328 g/mol. The molecule has 3 nitrogen and oxygen atoms in total. The zero-order chi connectivity index (χ0) is 17.1. The molecule has 2 saturated heterocycles. The maximum absolute atomic E-state index is 12.7. The first-order valence-corrected chi connectivity index (χ1v) is 10.5. The summed E-state index contributed by atoms with van der Waals surface area (Å²) in [5, 5.41) is 5.34. The molecule has 2 heterocycles. The number of amides is 1. The molecule has 2 fully saturated rings. The summed E-state index contributed by atoms with van der Waals surface area (Å²) in [5.41, 5.74) is 0.790. The lowest BCUT2D eigenvalue weighted by molar-refractivity contribution is 0.0930. The Hall–Kier alpha value is -1.52. The fourth-order valence-corrected chi connectivity index (χ4v) is 5.34. The van der Waals surface area contributed by atoms with Gasteiger partial charge < -0.3 is 5.32 Å². The minimum absolute atomic E-state index is 0.0615. The Bertz CT molecular complexity index is 728. The zero-order valence-corrected chi connectivity index (χ0v) is 15.4. The van der Waals surface area contributed by atoms with Crippen LogP contribution in [0.2, 0.25) is 0 Å². The summed E-state index contributed by atoms with van der Waals surface area (Å²) in [7, 11) is 0. The normalized spacial score (nSPS) is 22.3. The van der Waals surface area contributed by atoms with E-state index in [1.165, 1.54) is 43.9 Å². The predicted molar refractivity (Wildman–Crippen MR) is 106 cm³/mol. The van der Waals surface area contributed by atoms with Crippen molar-refractivity contribution in [2.24, 2.45) is 5.92 Å². The SMILES string of the molecule is O=C(NCC1CCN([C@H]2CCSC2)CC1)c1cccc2ccccc12. The topological polar surface area (TPSA) is 32.3 Å². The van der Waals surface area contributed by atoms with Crippen LogP contribution < -0.4 is 5.32 Å². The van der Waals surface area contributed by atoms with E-state index in [2.05, 4.69) is 34.1 Å². The van der Waals surface area contributed by atoms with Gasteiger partial charge in [-0.05, 0) is 60.9 Å². The van der Waals surface area contributed by atoms with Crippen molar-refractivity contribution in [3.63, 3.8) is 0 Å². The summed E-state index contributed by atoms with van der Waals surface area (Å²) in [4.78, 5) is 15.3. The lowest BCUT2D eigenvalue weighted by Gasteiger charge is -2.35. The van der Waals surface area contributed by atoms with Gasteiger partial charge in [-0.3, -0.25) is 9.69 Å². The van der Waals surface area contributed by atoms with E-state index in [1.54, 1.807) is 0 Å². The van der Waals surface area contributed by atoms with E-state index in [-0.39, 0.29) is 5.91 Å². The Morgan fingerprint density at radius 2 is 1.88 bits per heavy atom. The summed E-state index contributed by atoms with van der Waals surface area (Å²) in [6, 6.07) is 14.9. The molecule has 2 aromatic rings. The summed E-state index contributed by atoms with van der Waals surface area (Å²) in [6.07, 6.45) is 3.76. The van der Waals surface area contributed by atoms with E-state index in [4.69, 9.17) is 0 Å². The molecule has 0 aliphatic carbocycles. The first-order valence-electron chi connectivity index (χ1n) is 9.39. The van der Waals surface area contributed by atoms with Crippen LogP contribution in [0.15, 0.2) is 42.5 Å². The van der Waals surface area contributed by atoms with Crippen molar-refractivity contribution in [3.05, 3.63) is 48.0 Å². The molecule has 0 saturated carbocycles. The van der Waals surface area contributed by atoms with E-state index in [0.29, 0.717) is 5.92 Å². The molecule has 0 spiro atoms. The molecule has 2 aliphatic heterocycles. The molecule has 1 amide bonds. The molecule has 4 heteroatoms. The molecule has 0 unspecified atom stereocenters. The highest BCUT2D eigenvalue weighted by molar-refractivity contribution is 7.99. The first kappa shape index (κ1) is 16.9. The monoisotopic (exact) mass is 354 g/mol. The van der Waals surface area contributed by atoms with Crippen LogP contribution in [0.5, 0.6) is 0 Å². The van der Waals surface area contributed by atoms with E-state index in [1.807, 2.05) is 30.3 Å². The van der Waals surface area contributed by atoms with Crippen molar-refractivity contribution in [2.45, 2.75) is 25.3 Å². The maximum Gasteiger partial charge on any atom is 0.251 e. The summed E-state index contributed by atoms with van der Waals surface area (Å²) in [6.45, 7) is 3.19. The van der Waals surface area contributed by atoms with Crippen LogP contribution in [-0.4, -0.2) is 48.0 Å². The lowest BCUT2D eigenvalue weighted by atomic mass is 9.95. The Kier molecular flexibility index (Phi) is 5.28. The highest BCUT2D eigenvalue weighted by Gasteiger charge is 2.27. The van der Waals surface area contributed by atoms with Crippen LogP contribution in [0.4, 0.5) is 0 Å². The van der Waals surface area contributed by atoms with Gasteiger partial charge >= 0.3 is 0 Å². The molecule has 132 valence electrons. The number of benzene rings is 2. The largest absolute Gasteiger partial charge is 0.352 e. The molecular formula is C21H26N2OS. The number of piperidine rings is 1. The Balaban J connectivity index is 1.32. The van der Waals surface area contributed by atoms with Crippen molar-refractivity contribution < 1.29 is 4.79 Å². The molecule has 0 bridgehead atoms. The van der Waals surface area contributed by atoms with Crippen molar-refractivity contribution >= 4 is 28.4 Å². The van der Waals surface area contributed by atoms with Crippen LogP contribution in [0.3, 0.4) is 0 Å². The number of hydrogen-bond acceptors (Lipinski definition) is 3. The molecule has 2 aliphatic rings. The smallest absolute Gasteiger partial charge is 0.251 e. The van der Waals surface area contributed by atoms with Crippen LogP contribution in [-0.2, 0) is 0 Å². The van der Waals surface area contributed by atoms with Crippen molar-refractivity contribution in [2.75, 3.05) is 31.1 Å². The number of carbonyl (C=O) groups excluding carboxylic acids is 1. The average molecular weight is 355 g/mol. The number of fused-ring (bicyclic) bond motifs is 1. The van der Waals surface area contributed by atoms with E-state index >= 15 is 0 Å². The van der Waals surface area contributed by atoms with Crippen molar-refractivity contribution in [1.29, 1.82) is 0 Å². The second-order valence-corrected chi connectivity index (χ2v) is 8.38. The molecule has 25 heavy (non-hydrogen) atoms. The Labute approximate surface area is 154 Å². The van der Waals surface area contributed by atoms with E-state index < -0.39 is 0 Å². The van der Waals surface area contributed by atoms with Crippen LogP contribution in [0.1, 0.15) is 29.6 Å². The van der Waals surface area contributed by atoms with E-state index in [9.17, 15) is 4.79 Å². The molecule has 4 rings (SSSR count). The Morgan fingerprint density at radius 1 is 1.08 bits per heavy atom. The third kappa shape index (κ3) is 3.85. The Morgan fingerprint density at radius 3 is 2.68 bits per heavy atom. The second kappa shape index (κ2) is 7.79. The second-order valence-electron chi connectivity index (χ2n) is 7.23. The van der Waals surface area contributed by atoms with Gasteiger partial charge in [0.15, 0.2) is 0 Å². The predicted octanol–water partition coefficient (Wildman–Crippen LogP) is 3.79. The molecule has 2 aromatic carbocycles. The summed E-state index contributed by atoms with van der Waals surface area (Å²) < 4.78 is 0. The van der Waals surface area contributed by atoms with Gasteiger partial charge in [-0.25, -0.2) is 0 Å². The highest BCUT2D eigenvalue weighted by Crippen LogP contribution is 2.26. The number of hydrogen-bond donors (Lipinski definition) is 1. The van der Waals surface area contributed by atoms with Crippen LogP contribution >= 0.6 is 11.8 Å². The summed E-state index contributed by atoms with van der Waals surface area (Å²) in [5.74, 6) is 3.31. The van der Waals surface area contributed by atoms with Gasteiger partial charge in [-0.1, -0.05) is 36.4 Å². The van der Waals surface area contributed by atoms with Gasteiger partial charge in [0.25, 0.3) is 5.91 Å². The third-order valence-electron chi connectivity index (χ3n) is 5.66. The van der Waals surface area contributed by atoms with Crippen molar-refractivity contribution in [1.82, 2.24) is 10.2 Å². The van der Waals surface area contributed by atoms with Crippen LogP contribution in [0.25, 0.3) is 10.8 Å². The minimum Gasteiger partial charge on any atom is -0.352 e. The highest BCUT2D eigenvalue weighted by atomic mass is 32.2. The number of nitrogens with zero attached hydrogens (tertiary/aromatic N) is 1. The number of carbonyl (C=O) groups is 1. The maximum atomic E-state index is 12.7. The van der Waals surface area contributed by atoms with Gasteiger partial charge in [-0.2, -0.15) is 11.8 Å². The van der Waals surface area contributed by atoms with Gasteiger partial charge in [0, 0.05) is 23.9 Å². The number of nitrogens with one attached hydrogen (secondary N) is 1. The number of likely N-dealkylation sites (tertiary alicyclic amines) is 1. The molecule has 0 radical (unpaired) electrons. The number of rotatable bonds is 4.